The van der Waals surface area contributed by atoms with Crippen LogP contribution in [0.2, 0.25) is 0 Å². The number of carbonyl (C=O) groups excluding carboxylic acids is 3. The third-order valence-electron chi connectivity index (χ3n) is 3.01. The molecular weight excluding hydrogens is 312 g/mol. The van der Waals surface area contributed by atoms with E-state index < -0.39 is 55.5 Å². The minimum Gasteiger partial charge on any atom is -0.445 e. The number of carbonyl (C=O) groups is 3. The van der Waals surface area contributed by atoms with E-state index in [1.807, 2.05) is 0 Å². The molecule has 0 amide bonds. The lowest BCUT2D eigenvalue weighted by Gasteiger charge is -2.27. The molecule has 0 bridgehead atoms. The first kappa shape index (κ1) is 18.8. The van der Waals surface area contributed by atoms with Crippen LogP contribution in [0.15, 0.2) is 24.3 Å². The van der Waals surface area contributed by atoms with Gasteiger partial charge in [-0.3, -0.25) is 0 Å². The van der Waals surface area contributed by atoms with Gasteiger partial charge in [0, 0.05) is 0 Å². The first-order chi connectivity index (χ1) is 10.8. The molecule has 3 N–H and O–H groups in total. The molecule has 0 aromatic heterocycles. The average molecular weight is 330 g/mol. The highest BCUT2D eigenvalue weighted by Gasteiger charge is 2.47. The second-order valence-corrected chi connectivity index (χ2v) is 4.75. The topological polar surface area (TPSA) is 140 Å². The van der Waals surface area contributed by atoms with Crippen LogP contribution in [-0.2, 0) is 28.6 Å². The summed E-state index contributed by atoms with van der Waals surface area (Å²) in [7, 11) is 0. The molecule has 0 aromatic carbocycles. The largest absolute Gasteiger partial charge is 0.445 e. The van der Waals surface area contributed by atoms with Crippen LogP contribution >= 0.6 is 0 Å². The van der Waals surface area contributed by atoms with Crippen molar-refractivity contribution in [2.45, 2.75) is 24.7 Å². The smallest absolute Gasteiger partial charge is 0.358 e. The van der Waals surface area contributed by atoms with Gasteiger partial charge in [0.05, 0.1) is 19.8 Å². The molecule has 0 spiro atoms. The Hall–Kier alpha value is -2.23. The first-order valence-corrected chi connectivity index (χ1v) is 6.62. The maximum atomic E-state index is 12.3. The zero-order valence-corrected chi connectivity index (χ0v) is 12.4. The lowest BCUT2D eigenvalue weighted by atomic mass is 10.0. The molecule has 1 fully saturated rings. The number of hydrogen-bond acceptors (Lipinski definition) is 9. The Morgan fingerprint density at radius 1 is 1.13 bits per heavy atom. The van der Waals surface area contributed by atoms with E-state index in [1.165, 1.54) is 13.0 Å². The molecule has 1 aliphatic rings. The fourth-order valence-electron chi connectivity index (χ4n) is 1.71. The number of aliphatic hydroxyl groups is 3. The summed E-state index contributed by atoms with van der Waals surface area (Å²) in [5.41, 5.74) is -1.89. The van der Waals surface area contributed by atoms with Gasteiger partial charge >= 0.3 is 17.9 Å². The molecule has 1 saturated heterocycles. The number of esters is 3. The molecule has 9 heteroatoms. The van der Waals surface area contributed by atoms with Crippen LogP contribution < -0.4 is 0 Å². The standard InChI is InChI=1S/C14H18O9/c1-3-8(2)4-14(7-17)13(20)22-9(5-15)11(18)21-10(6-16)12(19)23-14/h3-4,9-10,15-17H,1,5-7H2,2H3/b8-4+. The summed E-state index contributed by atoms with van der Waals surface area (Å²) < 4.78 is 14.3. The van der Waals surface area contributed by atoms with Crippen molar-refractivity contribution in [2.24, 2.45) is 0 Å². The molecule has 1 aliphatic heterocycles. The monoisotopic (exact) mass is 330 g/mol. The van der Waals surface area contributed by atoms with Gasteiger partial charge in [-0.15, -0.1) is 0 Å². The Bertz CT molecular complexity index is 522. The van der Waals surface area contributed by atoms with Crippen molar-refractivity contribution in [3.05, 3.63) is 24.3 Å². The second kappa shape index (κ2) is 7.86. The van der Waals surface area contributed by atoms with Crippen molar-refractivity contribution in [3.63, 3.8) is 0 Å². The van der Waals surface area contributed by atoms with E-state index in [9.17, 15) is 19.5 Å². The summed E-state index contributed by atoms with van der Waals surface area (Å²) in [6.07, 6.45) is -1.04. The van der Waals surface area contributed by atoms with Gasteiger partial charge in [0.2, 0.25) is 17.8 Å². The van der Waals surface area contributed by atoms with Gasteiger partial charge in [-0.2, -0.15) is 0 Å². The van der Waals surface area contributed by atoms with Gasteiger partial charge in [0.1, 0.15) is 0 Å². The molecule has 0 aromatic rings. The van der Waals surface area contributed by atoms with E-state index in [-0.39, 0.29) is 0 Å². The van der Waals surface area contributed by atoms with Crippen LogP contribution in [0.25, 0.3) is 0 Å². The van der Waals surface area contributed by atoms with E-state index in [2.05, 4.69) is 11.3 Å². The quantitative estimate of drug-likeness (QED) is 0.303. The third-order valence-corrected chi connectivity index (χ3v) is 3.01. The lowest BCUT2D eigenvalue weighted by molar-refractivity contribution is -0.185. The van der Waals surface area contributed by atoms with Crippen LogP contribution in [0.4, 0.5) is 0 Å². The maximum absolute atomic E-state index is 12.3. The fourth-order valence-corrected chi connectivity index (χ4v) is 1.71. The van der Waals surface area contributed by atoms with Gasteiger partial charge in [0.15, 0.2) is 0 Å². The Kier molecular flexibility index (Phi) is 6.43. The summed E-state index contributed by atoms with van der Waals surface area (Å²) >= 11 is 0. The Morgan fingerprint density at radius 3 is 2.17 bits per heavy atom. The first-order valence-electron chi connectivity index (χ1n) is 6.62. The van der Waals surface area contributed by atoms with Crippen molar-refractivity contribution in [3.8, 4) is 0 Å². The fraction of sp³-hybridized carbons (Fsp3) is 0.500. The number of rotatable bonds is 5. The number of aliphatic hydroxyl groups excluding tert-OH is 3. The molecule has 23 heavy (non-hydrogen) atoms. The number of hydrogen-bond donors (Lipinski definition) is 3. The van der Waals surface area contributed by atoms with Crippen LogP contribution in [0.3, 0.4) is 0 Å². The summed E-state index contributed by atoms with van der Waals surface area (Å²) in [6.45, 7) is 2.17. The van der Waals surface area contributed by atoms with Gasteiger partial charge in [-0.1, -0.05) is 18.2 Å². The second-order valence-electron chi connectivity index (χ2n) is 4.75. The van der Waals surface area contributed by atoms with Crippen LogP contribution in [0, 0.1) is 0 Å². The zero-order chi connectivity index (χ0) is 17.6. The summed E-state index contributed by atoms with van der Waals surface area (Å²) in [6, 6.07) is 0. The normalized spacial score (nSPS) is 29.6. The Labute approximate surface area is 131 Å². The number of ether oxygens (including phenoxy) is 3. The molecule has 0 aliphatic carbocycles. The molecule has 1 rings (SSSR count). The average Bonchev–Trinajstić information content (AvgIpc) is 2.58. The molecule has 9 nitrogen and oxygen atoms in total. The predicted octanol–water partition coefficient (Wildman–Crippen LogP) is -1.79. The molecule has 3 unspecified atom stereocenters. The highest BCUT2D eigenvalue weighted by atomic mass is 16.7. The SMILES string of the molecule is C=C/C(C)=C/C1(CO)OC(=O)C(CO)OC(=O)C(CO)OC1=O. The molecule has 1 heterocycles. The van der Waals surface area contributed by atoms with E-state index >= 15 is 0 Å². The Balaban J connectivity index is 3.37. The highest BCUT2D eigenvalue weighted by Crippen LogP contribution is 2.22. The number of allylic oxidation sites excluding steroid dienone is 2. The van der Waals surface area contributed by atoms with E-state index in [0.717, 1.165) is 6.08 Å². The van der Waals surface area contributed by atoms with E-state index in [4.69, 9.17) is 19.7 Å². The van der Waals surface area contributed by atoms with Crippen LogP contribution in [0.5, 0.6) is 0 Å². The number of cyclic esters (lactones) is 3. The lowest BCUT2D eigenvalue weighted by Crippen LogP contribution is -2.49. The third kappa shape index (κ3) is 4.15. The van der Waals surface area contributed by atoms with Crippen molar-refractivity contribution < 1.29 is 43.9 Å². The van der Waals surface area contributed by atoms with E-state index in [0.29, 0.717) is 5.57 Å². The van der Waals surface area contributed by atoms with Crippen molar-refractivity contribution in [1.29, 1.82) is 0 Å². The van der Waals surface area contributed by atoms with Gasteiger partial charge in [0.25, 0.3) is 0 Å². The molecule has 128 valence electrons. The summed E-state index contributed by atoms with van der Waals surface area (Å²) in [5.74, 6) is -3.75. The van der Waals surface area contributed by atoms with Crippen LogP contribution in [-0.4, -0.2) is 70.9 Å². The minimum absolute atomic E-state index is 0.372. The predicted molar refractivity (Wildman–Crippen MR) is 73.8 cm³/mol. The maximum Gasteiger partial charge on any atom is 0.358 e. The van der Waals surface area contributed by atoms with Gasteiger partial charge < -0.3 is 29.5 Å². The van der Waals surface area contributed by atoms with Crippen molar-refractivity contribution in [2.75, 3.05) is 19.8 Å². The summed E-state index contributed by atoms with van der Waals surface area (Å²) in [4.78, 5) is 36.0. The van der Waals surface area contributed by atoms with Crippen molar-refractivity contribution in [1.82, 2.24) is 0 Å². The minimum atomic E-state index is -2.26. The Morgan fingerprint density at radius 2 is 1.70 bits per heavy atom. The molecule has 0 radical (unpaired) electrons. The van der Waals surface area contributed by atoms with Gasteiger partial charge in [-0.25, -0.2) is 14.4 Å². The summed E-state index contributed by atoms with van der Waals surface area (Å²) in [5, 5.41) is 27.8. The van der Waals surface area contributed by atoms with Crippen LogP contribution in [0.1, 0.15) is 6.92 Å². The van der Waals surface area contributed by atoms with Crippen molar-refractivity contribution >= 4 is 17.9 Å². The molecule has 3 atom stereocenters. The van der Waals surface area contributed by atoms with E-state index in [1.54, 1.807) is 0 Å². The highest BCUT2D eigenvalue weighted by molar-refractivity contribution is 5.91. The van der Waals surface area contributed by atoms with Gasteiger partial charge in [-0.05, 0) is 13.0 Å². The molecule has 0 saturated carbocycles. The molecular formula is C14H18O9. The zero-order valence-electron chi connectivity index (χ0n) is 12.4.